The van der Waals surface area contributed by atoms with Crippen molar-refractivity contribution in [1.29, 1.82) is 0 Å². The second-order valence-corrected chi connectivity index (χ2v) is 3.30. The van der Waals surface area contributed by atoms with Gasteiger partial charge in [0.25, 0.3) is 0 Å². The minimum Gasteiger partial charge on any atom is -0.325 e. The Morgan fingerprint density at radius 1 is 1.50 bits per heavy atom. The van der Waals surface area contributed by atoms with E-state index < -0.39 is 6.04 Å². The van der Waals surface area contributed by atoms with Crippen LogP contribution in [0.15, 0.2) is 18.2 Å². The summed E-state index contributed by atoms with van der Waals surface area (Å²) in [6, 6.07) is 3.73. The van der Waals surface area contributed by atoms with Crippen molar-refractivity contribution in [2.45, 2.75) is 19.9 Å². The quantitative estimate of drug-likeness (QED) is 0.751. The van der Waals surface area contributed by atoms with Gasteiger partial charge in [0.15, 0.2) is 0 Å². The van der Waals surface area contributed by atoms with Crippen molar-refractivity contribution in [3.63, 3.8) is 0 Å². The van der Waals surface area contributed by atoms with Gasteiger partial charge in [-0.2, -0.15) is 0 Å². The van der Waals surface area contributed by atoms with Crippen LogP contribution in [0.5, 0.6) is 0 Å². The summed E-state index contributed by atoms with van der Waals surface area (Å²) in [5.74, 6) is -0.694. The summed E-state index contributed by atoms with van der Waals surface area (Å²) in [5, 5.41) is 2.52. The van der Waals surface area contributed by atoms with Crippen molar-refractivity contribution in [3.8, 4) is 0 Å². The van der Waals surface area contributed by atoms with Crippen molar-refractivity contribution in [2.24, 2.45) is 5.73 Å². The van der Waals surface area contributed by atoms with E-state index in [1.54, 1.807) is 19.9 Å². The molecule has 4 heteroatoms. The van der Waals surface area contributed by atoms with Gasteiger partial charge >= 0.3 is 0 Å². The van der Waals surface area contributed by atoms with Crippen LogP contribution < -0.4 is 11.1 Å². The van der Waals surface area contributed by atoms with E-state index in [0.29, 0.717) is 5.69 Å². The molecule has 0 aromatic heterocycles. The van der Waals surface area contributed by atoms with E-state index >= 15 is 0 Å². The summed E-state index contributed by atoms with van der Waals surface area (Å²) in [7, 11) is 0. The molecule has 0 aliphatic heterocycles. The molecule has 0 unspecified atom stereocenters. The Kier molecular flexibility index (Phi) is 3.19. The molecule has 1 aromatic carbocycles. The minimum atomic E-state index is -0.599. The second kappa shape index (κ2) is 4.19. The van der Waals surface area contributed by atoms with Gasteiger partial charge in [-0.1, -0.05) is 0 Å². The Hall–Kier alpha value is -1.42. The van der Waals surface area contributed by atoms with Gasteiger partial charge in [0.05, 0.1) is 6.04 Å². The van der Waals surface area contributed by atoms with Crippen LogP contribution in [0, 0.1) is 12.7 Å². The predicted molar refractivity (Wildman–Crippen MR) is 53.4 cm³/mol. The molecule has 1 amide bonds. The standard InChI is InChI=1S/C10H13FN2O/c1-6-3-8(11)5-9(4-6)13-10(14)7(2)12/h3-5,7H,12H2,1-2H3,(H,13,14)/t7-/m0/s1. The van der Waals surface area contributed by atoms with Gasteiger partial charge in [-0.15, -0.1) is 0 Å². The SMILES string of the molecule is Cc1cc(F)cc(NC(=O)[C@H](C)N)c1. The molecule has 1 atom stereocenters. The summed E-state index contributed by atoms with van der Waals surface area (Å²) < 4.78 is 12.9. The highest BCUT2D eigenvalue weighted by atomic mass is 19.1. The van der Waals surface area contributed by atoms with Crippen molar-refractivity contribution >= 4 is 11.6 Å². The molecule has 0 saturated heterocycles. The molecule has 14 heavy (non-hydrogen) atoms. The lowest BCUT2D eigenvalue weighted by atomic mass is 10.2. The Balaban J connectivity index is 2.82. The van der Waals surface area contributed by atoms with Gasteiger partial charge in [-0.25, -0.2) is 4.39 Å². The molecule has 0 heterocycles. The Bertz CT molecular complexity index is 330. The van der Waals surface area contributed by atoms with Crippen LogP contribution in [-0.2, 0) is 4.79 Å². The molecule has 76 valence electrons. The predicted octanol–water partition coefficient (Wildman–Crippen LogP) is 1.42. The summed E-state index contributed by atoms with van der Waals surface area (Å²) >= 11 is 0. The first-order valence-corrected chi connectivity index (χ1v) is 4.32. The fourth-order valence-electron chi connectivity index (χ4n) is 1.06. The van der Waals surface area contributed by atoms with Crippen molar-refractivity contribution in [3.05, 3.63) is 29.6 Å². The van der Waals surface area contributed by atoms with Gasteiger partial charge in [0, 0.05) is 5.69 Å². The van der Waals surface area contributed by atoms with Gasteiger partial charge in [-0.05, 0) is 37.6 Å². The number of carbonyl (C=O) groups is 1. The highest BCUT2D eigenvalue weighted by Crippen LogP contribution is 2.13. The molecule has 0 aliphatic carbocycles. The van der Waals surface area contributed by atoms with Gasteiger partial charge < -0.3 is 11.1 Å². The Morgan fingerprint density at radius 2 is 2.14 bits per heavy atom. The van der Waals surface area contributed by atoms with Gasteiger partial charge in [-0.3, -0.25) is 4.79 Å². The zero-order valence-electron chi connectivity index (χ0n) is 8.17. The van der Waals surface area contributed by atoms with Crippen LogP contribution >= 0.6 is 0 Å². The Labute approximate surface area is 82.1 Å². The number of nitrogens with one attached hydrogen (secondary N) is 1. The average Bonchev–Trinajstić information content (AvgIpc) is 2.01. The molecule has 3 N–H and O–H groups in total. The molecule has 1 rings (SSSR count). The van der Waals surface area contributed by atoms with Crippen molar-refractivity contribution in [2.75, 3.05) is 5.32 Å². The molecular weight excluding hydrogens is 183 g/mol. The molecule has 0 aliphatic rings. The van der Waals surface area contributed by atoms with E-state index in [0.717, 1.165) is 5.56 Å². The van der Waals surface area contributed by atoms with E-state index in [1.807, 2.05) is 0 Å². The van der Waals surface area contributed by atoms with Crippen LogP contribution in [0.2, 0.25) is 0 Å². The van der Waals surface area contributed by atoms with Crippen molar-refractivity contribution < 1.29 is 9.18 Å². The zero-order valence-corrected chi connectivity index (χ0v) is 8.17. The number of amides is 1. The van der Waals surface area contributed by atoms with Crippen LogP contribution in [0.3, 0.4) is 0 Å². The molecule has 0 fully saturated rings. The Morgan fingerprint density at radius 3 is 2.64 bits per heavy atom. The summed E-state index contributed by atoms with van der Waals surface area (Å²) in [6.07, 6.45) is 0. The van der Waals surface area contributed by atoms with E-state index in [1.165, 1.54) is 12.1 Å². The lowest BCUT2D eigenvalue weighted by Gasteiger charge is -2.08. The molecule has 1 aromatic rings. The maximum Gasteiger partial charge on any atom is 0.241 e. The molecule has 0 spiro atoms. The third-order valence-corrected chi connectivity index (χ3v) is 1.72. The molecule has 0 bridgehead atoms. The van der Waals surface area contributed by atoms with E-state index in [-0.39, 0.29) is 11.7 Å². The third-order valence-electron chi connectivity index (χ3n) is 1.72. The van der Waals surface area contributed by atoms with E-state index in [4.69, 9.17) is 5.73 Å². The normalized spacial score (nSPS) is 12.3. The highest BCUT2D eigenvalue weighted by Gasteiger charge is 2.07. The number of hydrogen-bond acceptors (Lipinski definition) is 2. The lowest BCUT2D eigenvalue weighted by Crippen LogP contribution is -2.32. The van der Waals surface area contributed by atoms with E-state index in [2.05, 4.69) is 5.32 Å². The monoisotopic (exact) mass is 196 g/mol. The first-order chi connectivity index (χ1) is 6.49. The smallest absolute Gasteiger partial charge is 0.241 e. The largest absolute Gasteiger partial charge is 0.325 e. The fourth-order valence-corrected chi connectivity index (χ4v) is 1.06. The number of halogens is 1. The highest BCUT2D eigenvalue weighted by molar-refractivity contribution is 5.94. The first-order valence-electron chi connectivity index (χ1n) is 4.32. The summed E-state index contributed by atoms with van der Waals surface area (Å²) in [6.45, 7) is 3.33. The van der Waals surface area contributed by atoms with Crippen LogP contribution in [0.1, 0.15) is 12.5 Å². The van der Waals surface area contributed by atoms with Gasteiger partial charge in [0.1, 0.15) is 5.82 Å². The maximum atomic E-state index is 12.9. The number of nitrogens with two attached hydrogens (primary N) is 1. The first kappa shape index (κ1) is 10.7. The zero-order chi connectivity index (χ0) is 10.7. The van der Waals surface area contributed by atoms with E-state index in [9.17, 15) is 9.18 Å². The third kappa shape index (κ3) is 2.81. The van der Waals surface area contributed by atoms with Crippen LogP contribution in [0.4, 0.5) is 10.1 Å². The summed E-state index contributed by atoms with van der Waals surface area (Å²) in [5.41, 5.74) is 6.54. The number of anilines is 1. The number of benzene rings is 1. The topological polar surface area (TPSA) is 55.1 Å². The van der Waals surface area contributed by atoms with Crippen molar-refractivity contribution in [1.82, 2.24) is 0 Å². The number of aryl methyl sites for hydroxylation is 1. The van der Waals surface area contributed by atoms with Gasteiger partial charge in [0.2, 0.25) is 5.91 Å². The van der Waals surface area contributed by atoms with Crippen LogP contribution in [-0.4, -0.2) is 11.9 Å². The lowest BCUT2D eigenvalue weighted by molar-refractivity contribution is -0.117. The number of hydrogen-bond donors (Lipinski definition) is 2. The molecule has 0 saturated carbocycles. The average molecular weight is 196 g/mol. The molecule has 3 nitrogen and oxygen atoms in total. The maximum absolute atomic E-state index is 12.9. The molecular formula is C10H13FN2O. The summed E-state index contributed by atoms with van der Waals surface area (Å²) in [4.78, 5) is 11.2. The number of carbonyl (C=O) groups excluding carboxylic acids is 1. The minimum absolute atomic E-state index is 0.324. The van der Waals surface area contributed by atoms with Crippen LogP contribution in [0.25, 0.3) is 0 Å². The molecule has 0 radical (unpaired) electrons. The second-order valence-electron chi connectivity index (χ2n) is 3.30. The fraction of sp³-hybridized carbons (Fsp3) is 0.300. The number of rotatable bonds is 2.